The molecule has 0 aliphatic carbocycles. The standard InChI is InChI=1S/C20H21N3/c1-15-18(20(21)17-10-6-3-7-11-17)12-13-19(23-15)22-14-16-8-4-2-5-9-16/h2-13,20H,14,21H2,1H3,(H,22,23)/t20-/m0/s1. The van der Waals surface area contributed by atoms with E-state index in [1.54, 1.807) is 0 Å². The smallest absolute Gasteiger partial charge is 0.126 e. The Morgan fingerprint density at radius 1 is 0.913 bits per heavy atom. The van der Waals surface area contributed by atoms with Gasteiger partial charge in [-0.1, -0.05) is 66.7 Å². The number of pyridine rings is 1. The first-order valence-electron chi connectivity index (χ1n) is 7.80. The van der Waals surface area contributed by atoms with Crippen molar-refractivity contribution >= 4 is 5.82 Å². The Labute approximate surface area is 137 Å². The molecule has 1 atom stereocenters. The van der Waals surface area contributed by atoms with Gasteiger partial charge in [0.1, 0.15) is 5.82 Å². The number of nitrogens with two attached hydrogens (primary N) is 1. The molecule has 0 radical (unpaired) electrons. The van der Waals surface area contributed by atoms with E-state index in [1.807, 2.05) is 61.5 Å². The van der Waals surface area contributed by atoms with Crippen LogP contribution < -0.4 is 11.1 Å². The maximum Gasteiger partial charge on any atom is 0.126 e. The predicted octanol–water partition coefficient (Wildman–Crippen LogP) is 4.05. The average Bonchev–Trinajstić information content (AvgIpc) is 2.61. The number of anilines is 1. The maximum absolute atomic E-state index is 6.37. The van der Waals surface area contributed by atoms with Gasteiger partial charge in [0.2, 0.25) is 0 Å². The molecule has 1 aromatic heterocycles. The zero-order valence-electron chi connectivity index (χ0n) is 13.2. The topological polar surface area (TPSA) is 50.9 Å². The Hall–Kier alpha value is -2.65. The molecule has 0 unspecified atom stereocenters. The highest BCUT2D eigenvalue weighted by molar-refractivity contribution is 5.42. The minimum absolute atomic E-state index is 0.146. The Morgan fingerprint density at radius 2 is 1.57 bits per heavy atom. The van der Waals surface area contributed by atoms with Crippen LogP contribution in [-0.2, 0) is 6.54 Å². The summed E-state index contributed by atoms with van der Waals surface area (Å²) in [5.41, 5.74) is 10.7. The lowest BCUT2D eigenvalue weighted by molar-refractivity contribution is 0.848. The van der Waals surface area contributed by atoms with E-state index in [-0.39, 0.29) is 6.04 Å². The fraction of sp³-hybridized carbons (Fsp3) is 0.150. The predicted molar refractivity (Wildman–Crippen MR) is 95.2 cm³/mol. The summed E-state index contributed by atoms with van der Waals surface area (Å²) < 4.78 is 0. The van der Waals surface area contributed by atoms with Crippen molar-refractivity contribution in [1.29, 1.82) is 0 Å². The molecule has 116 valence electrons. The Balaban J connectivity index is 1.73. The highest BCUT2D eigenvalue weighted by Gasteiger charge is 2.12. The van der Waals surface area contributed by atoms with Crippen LogP contribution in [0.4, 0.5) is 5.82 Å². The van der Waals surface area contributed by atoms with Gasteiger partial charge in [0.25, 0.3) is 0 Å². The summed E-state index contributed by atoms with van der Waals surface area (Å²) in [5.74, 6) is 0.871. The number of hydrogen-bond acceptors (Lipinski definition) is 3. The van der Waals surface area contributed by atoms with Crippen molar-refractivity contribution in [2.75, 3.05) is 5.32 Å². The summed E-state index contributed by atoms with van der Waals surface area (Å²) >= 11 is 0. The summed E-state index contributed by atoms with van der Waals surface area (Å²) in [6, 6.07) is 24.3. The van der Waals surface area contributed by atoms with Gasteiger partial charge in [0, 0.05) is 12.2 Å². The first-order chi connectivity index (χ1) is 11.2. The van der Waals surface area contributed by atoms with Crippen molar-refractivity contribution in [3.63, 3.8) is 0 Å². The molecular weight excluding hydrogens is 282 g/mol. The number of aryl methyl sites for hydroxylation is 1. The molecule has 0 saturated heterocycles. The van der Waals surface area contributed by atoms with Crippen molar-refractivity contribution in [3.05, 3.63) is 95.2 Å². The van der Waals surface area contributed by atoms with E-state index < -0.39 is 0 Å². The second kappa shape index (κ2) is 7.07. The van der Waals surface area contributed by atoms with Crippen LogP contribution >= 0.6 is 0 Å². The number of benzene rings is 2. The highest BCUT2D eigenvalue weighted by atomic mass is 15.0. The van der Waals surface area contributed by atoms with Crippen molar-refractivity contribution in [3.8, 4) is 0 Å². The molecule has 0 spiro atoms. The molecule has 0 amide bonds. The van der Waals surface area contributed by atoms with E-state index in [9.17, 15) is 0 Å². The first-order valence-corrected chi connectivity index (χ1v) is 7.80. The molecule has 23 heavy (non-hydrogen) atoms. The molecule has 0 fully saturated rings. The third-order valence-electron chi connectivity index (χ3n) is 3.94. The molecular formula is C20H21N3. The molecule has 0 bridgehead atoms. The molecule has 1 heterocycles. The van der Waals surface area contributed by atoms with Gasteiger partial charge in [0.15, 0.2) is 0 Å². The summed E-state index contributed by atoms with van der Waals surface area (Å²) in [5, 5.41) is 3.36. The van der Waals surface area contributed by atoms with Gasteiger partial charge in [-0.3, -0.25) is 0 Å². The molecule has 3 nitrogen and oxygen atoms in total. The minimum atomic E-state index is -0.146. The Morgan fingerprint density at radius 3 is 2.22 bits per heavy atom. The molecule has 3 N–H and O–H groups in total. The van der Waals surface area contributed by atoms with Gasteiger partial charge in [-0.15, -0.1) is 0 Å². The van der Waals surface area contributed by atoms with Crippen LogP contribution in [0.25, 0.3) is 0 Å². The molecule has 0 aliphatic rings. The van der Waals surface area contributed by atoms with Crippen LogP contribution in [-0.4, -0.2) is 4.98 Å². The molecule has 3 aromatic rings. The molecule has 3 rings (SSSR count). The van der Waals surface area contributed by atoms with Gasteiger partial charge in [0.05, 0.1) is 6.04 Å². The summed E-state index contributed by atoms with van der Waals surface area (Å²) in [7, 11) is 0. The monoisotopic (exact) mass is 303 g/mol. The number of rotatable bonds is 5. The maximum atomic E-state index is 6.37. The minimum Gasteiger partial charge on any atom is -0.366 e. The number of aromatic nitrogens is 1. The third kappa shape index (κ3) is 3.76. The van der Waals surface area contributed by atoms with Crippen molar-refractivity contribution < 1.29 is 0 Å². The van der Waals surface area contributed by atoms with Gasteiger partial charge >= 0.3 is 0 Å². The van der Waals surface area contributed by atoms with E-state index in [2.05, 4.69) is 28.5 Å². The second-order valence-corrected chi connectivity index (χ2v) is 5.60. The molecule has 0 aliphatic heterocycles. The molecule has 3 heteroatoms. The normalized spacial score (nSPS) is 11.9. The van der Waals surface area contributed by atoms with E-state index >= 15 is 0 Å². The van der Waals surface area contributed by atoms with Crippen LogP contribution in [0.1, 0.15) is 28.4 Å². The van der Waals surface area contributed by atoms with Crippen LogP contribution in [0.2, 0.25) is 0 Å². The van der Waals surface area contributed by atoms with E-state index in [0.717, 1.165) is 29.2 Å². The quantitative estimate of drug-likeness (QED) is 0.747. The number of nitrogens with one attached hydrogen (secondary N) is 1. The van der Waals surface area contributed by atoms with Crippen LogP contribution in [0.15, 0.2) is 72.8 Å². The van der Waals surface area contributed by atoms with E-state index in [1.165, 1.54) is 5.56 Å². The molecule has 2 aromatic carbocycles. The van der Waals surface area contributed by atoms with Gasteiger partial charge < -0.3 is 11.1 Å². The van der Waals surface area contributed by atoms with Crippen LogP contribution in [0.5, 0.6) is 0 Å². The second-order valence-electron chi connectivity index (χ2n) is 5.60. The van der Waals surface area contributed by atoms with Gasteiger partial charge in [-0.05, 0) is 29.7 Å². The van der Waals surface area contributed by atoms with E-state index in [0.29, 0.717) is 0 Å². The highest BCUT2D eigenvalue weighted by Crippen LogP contribution is 2.23. The largest absolute Gasteiger partial charge is 0.366 e. The zero-order chi connectivity index (χ0) is 16.1. The average molecular weight is 303 g/mol. The number of nitrogens with zero attached hydrogens (tertiary/aromatic N) is 1. The lowest BCUT2D eigenvalue weighted by Gasteiger charge is -2.16. The summed E-state index contributed by atoms with van der Waals surface area (Å²) in [6.45, 7) is 2.77. The van der Waals surface area contributed by atoms with E-state index in [4.69, 9.17) is 5.73 Å². The third-order valence-corrected chi connectivity index (χ3v) is 3.94. The van der Waals surface area contributed by atoms with Crippen molar-refractivity contribution in [2.24, 2.45) is 5.73 Å². The van der Waals surface area contributed by atoms with Gasteiger partial charge in [-0.2, -0.15) is 0 Å². The van der Waals surface area contributed by atoms with Crippen molar-refractivity contribution in [1.82, 2.24) is 4.98 Å². The number of hydrogen-bond donors (Lipinski definition) is 2. The summed E-state index contributed by atoms with van der Waals surface area (Å²) in [4.78, 5) is 4.64. The molecule has 0 saturated carbocycles. The first kappa shape index (κ1) is 15.3. The van der Waals surface area contributed by atoms with Gasteiger partial charge in [-0.25, -0.2) is 4.98 Å². The fourth-order valence-electron chi connectivity index (χ4n) is 2.63. The Bertz CT molecular complexity index is 754. The SMILES string of the molecule is Cc1nc(NCc2ccccc2)ccc1[C@@H](N)c1ccccc1. The van der Waals surface area contributed by atoms with Crippen LogP contribution in [0.3, 0.4) is 0 Å². The lowest BCUT2D eigenvalue weighted by atomic mass is 9.98. The lowest BCUT2D eigenvalue weighted by Crippen LogP contribution is -2.14. The van der Waals surface area contributed by atoms with Crippen LogP contribution in [0, 0.1) is 6.92 Å². The van der Waals surface area contributed by atoms with Crippen molar-refractivity contribution in [2.45, 2.75) is 19.5 Å². The summed E-state index contributed by atoms with van der Waals surface area (Å²) in [6.07, 6.45) is 0. The Kier molecular flexibility index (Phi) is 4.69. The zero-order valence-corrected chi connectivity index (χ0v) is 13.2. The fourth-order valence-corrected chi connectivity index (χ4v) is 2.63.